The van der Waals surface area contributed by atoms with Gasteiger partial charge >= 0.3 is 0 Å². The first-order valence-corrected chi connectivity index (χ1v) is 6.87. The van der Waals surface area contributed by atoms with Crippen molar-refractivity contribution >= 4 is 0 Å². The van der Waals surface area contributed by atoms with Gasteiger partial charge in [0.15, 0.2) is 0 Å². The summed E-state index contributed by atoms with van der Waals surface area (Å²) in [6.45, 7) is 7.26. The second-order valence-corrected chi connectivity index (χ2v) is 5.73. The van der Waals surface area contributed by atoms with Gasteiger partial charge < -0.3 is 14.6 Å². The van der Waals surface area contributed by atoms with Crippen LogP contribution in [0, 0.1) is 5.41 Å². The third-order valence-corrected chi connectivity index (χ3v) is 3.90. The van der Waals surface area contributed by atoms with Crippen LogP contribution in [0.1, 0.15) is 44.8 Å². The Morgan fingerprint density at radius 2 is 2.28 bits per heavy atom. The molecule has 1 aromatic heterocycles. The Kier molecular flexibility index (Phi) is 4.40. The van der Waals surface area contributed by atoms with Crippen molar-refractivity contribution in [3.63, 3.8) is 0 Å². The van der Waals surface area contributed by atoms with E-state index in [1.165, 1.54) is 25.0 Å². The average molecular weight is 251 g/mol. The van der Waals surface area contributed by atoms with Crippen molar-refractivity contribution in [3.8, 4) is 0 Å². The van der Waals surface area contributed by atoms with E-state index >= 15 is 0 Å². The quantitative estimate of drug-likeness (QED) is 0.771. The summed E-state index contributed by atoms with van der Waals surface area (Å²) in [4.78, 5) is 4.23. The molecular formula is C14H25N3O. The molecule has 0 aliphatic heterocycles. The highest BCUT2D eigenvalue weighted by Crippen LogP contribution is 2.48. The molecule has 1 aliphatic carbocycles. The lowest BCUT2D eigenvalue weighted by atomic mass is 10.0. The minimum atomic E-state index is 0.479. The maximum atomic E-state index is 5.18. The zero-order valence-corrected chi connectivity index (χ0v) is 11.8. The molecule has 0 spiro atoms. The summed E-state index contributed by atoms with van der Waals surface area (Å²) in [6.07, 6.45) is 7.74. The van der Waals surface area contributed by atoms with Gasteiger partial charge in [-0.1, -0.05) is 0 Å². The second-order valence-electron chi connectivity index (χ2n) is 5.73. The first-order chi connectivity index (χ1) is 8.67. The molecule has 0 atom stereocenters. The van der Waals surface area contributed by atoms with Crippen LogP contribution in [0.4, 0.5) is 0 Å². The summed E-state index contributed by atoms with van der Waals surface area (Å²) in [5.74, 6) is 0. The van der Waals surface area contributed by atoms with Crippen LogP contribution in [0.2, 0.25) is 0 Å². The molecule has 102 valence electrons. The van der Waals surface area contributed by atoms with Crippen molar-refractivity contribution < 1.29 is 4.74 Å². The van der Waals surface area contributed by atoms with Crippen LogP contribution >= 0.6 is 0 Å². The van der Waals surface area contributed by atoms with Crippen molar-refractivity contribution in [3.05, 3.63) is 18.2 Å². The minimum Gasteiger partial charge on any atom is -0.385 e. The Hall–Kier alpha value is -0.870. The second kappa shape index (κ2) is 5.85. The fourth-order valence-electron chi connectivity index (χ4n) is 2.40. The van der Waals surface area contributed by atoms with Crippen LogP contribution < -0.4 is 5.32 Å². The van der Waals surface area contributed by atoms with Crippen LogP contribution in [-0.4, -0.2) is 29.8 Å². The summed E-state index contributed by atoms with van der Waals surface area (Å²) >= 11 is 0. The summed E-state index contributed by atoms with van der Waals surface area (Å²) < 4.78 is 7.40. The molecule has 0 saturated heterocycles. The Morgan fingerprint density at radius 1 is 1.50 bits per heavy atom. The topological polar surface area (TPSA) is 39.1 Å². The van der Waals surface area contributed by atoms with E-state index < -0.39 is 0 Å². The van der Waals surface area contributed by atoms with Crippen molar-refractivity contribution in [2.24, 2.45) is 5.41 Å². The SMILES string of the molecule is COCCC1(CNCc2cncn2C(C)C)CC1. The molecule has 4 heteroatoms. The molecule has 2 rings (SSSR count). The highest BCUT2D eigenvalue weighted by Gasteiger charge is 2.41. The fourth-order valence-corrected chi connectivity index (χ4v) is 2.40. The lowest BCUT2D eigenvalue weighted by molar-refractivity contribution is 0.171. The van der Waals surface area contributed by atoms with Crippen LogP contribution in [0.5, 0.6) is 0 Å². The monoisotopic (exact) mass is 251 g/mol. The van der Waals surface area contributed by atoms with Crippen LogP contribution in [0.15, 0.2) is 12.5 Å². The van der Waals surface area contributed by atoms with Gasteiger partial charge in [0.05, 0.1) is 12.0 Å². The van der Waals surface area contributed by atoms with E-state index in [1.807, 2.05) is 12.5 Å². The predicted molar refractivity (Wildman–Crippen MR) is 72.5 cm³/mol. The molecule has 18 heavy (non-hydrogen) atoms. The maximum Gasteiger partial charge on any atom is 0.0951 e. The number of imidazole rings is 1. The van der Waals surface area contributed by atoms with Gasteiger partial charge in [0, 0.05) is 39.0 Å². The van der Waals surface area contributed by atoms with Gasteiger partial charge in [-0.2, -0.15) is 0 Å². The van der Waals surface area contributed by atoms with E-state index in [4.69, 9.17) is 4.74 Å². The number of nitrogens with one attached hydrogen (secondary N) is 1. The summed E-state index contributed by atoms with van der Waals surface area (Å²) in [6, 6.07) is 0.479. The van der Waals surface area contributed by atoms with Gasteiger partial charge in [-0.3, -0.25) is 0 Å². The number of methoxy groups -OCH3 is 1. The third kappa shape index (κ3) is 3.33. The number of ether oxygens (including phenoxy) is 1. The first kappa shape index (κ1) is 13.6. The van der Waals surface area contributed by atoms with E-state index in [-0.39, 0.29) is 0 Å². The lowest BCUT2D eigenvalue weighted by Gasteiger charge is -2.17. The third-order valence-electron chi connectivity index (χ3n) is 3.90. The van der Waals surface area contributed by atoms with Crippen molar-refractivity contribution in [2.75, 3.05) is 20.3 Å². The molecule has 4 nitrogen and oxygen atoms in total. The van der Waals surface area contributed by atoms with Gasteiger partial charge in [-0.25, -0.2) is 4.98 Å². The average Bonchev–Trinajstić information content (AvgIpc) is 2.94. The minimum absolute atomic E-state index is 0.479. The zero-order valence-electron chi connectivity index (χ0n) is 11.8. The molecule has 1 aromatic rings. The molecule has 1 saturated carbocycles. The summed E-state index contributed by atoms with van der Waals surface area (Å²) in [5.41, 5.74) is 1.78. The number of nitrogens with zero attached hydrogens (tertiary/aromatic N) is 2. The van der Waals surface area contributed by atoms with Crippen molar-refractivity contribution in [1.29, 1.82) is 0 Å². The highest BCUT2D eigenvalue weighted by molar-refractivity contribution is 5.01. The maximum absolute atomic E-state index is 5.18. The van der Waals surface area contributed by atoms with E-state index in [1.54, 1.807) is 7.11 Å². The number of aromatic nitrogens is 2. The van der Waals surface area contributed by atoms with Gasteiger partial charge in [0.25, 0.3) is 0 Å². The molecule has 0 radical (unpaired) electrons. The van der Waals surface area contributed by atoms with Gasteiger partial charge in [-0.15, -0.1) is 0 Å². The summed E-state index contributed by atoms with van der Waals surface area (Å²) in [5, 5.41) is 3.58. The first-order valence-electron chi connectivity index (χ1n) is 6.87. The van der Waals surface area contributed by atoms with E-state index in [9.17, 15) is 0 Å². The predicted octanol–water partition coefficient (Wildman–Crippen LogP) is 2.37. The van der Waals surface area contributed by atoms with Crippen molar-refractivity contribution in [1.82, 2.24) is 14.9 Å². The van der Waals surface area contributed by atoms with Gasteiger partial charge in [0.2, 0.25) is 0 Å². The molecular weight excluding hydrogens is 226 g/mol. The molecule has 1 N–H and O–H groups in total. The largest absolute Gasteiger partial charge is 0.385 e. The Bertz CT molecular complexity index is 369. The molecule has 0 bridgehead atoms. The highest BCUT2D eigenvalue weighted by atomic mass is 16.5. The Labute approximate surface area is 110 Å². The lowest BCUT2D eigenvalue weighted by Crippen LogP contribution is -2.25. The smallest absolute Gasteiger partial charge is 0.0951 e. The zero-order chi connectivity index (χ0) is 13.0. The molecule has 0 aromatic carbocycles. The molecule has 0 amide bonds. The Balaban J connectivity index is 1.76. The van der Waals surface area contributed by atoms with Crippen LogP contribution in [0.25, 0.3) is 0 Å². The molecule has 1 aliphatic rings. The molecule has 1 fully saturated rings. The standard InChI is InChI=1S/C14H25N3O/c1-12(2)17-11-16-9-13(17)8-15-10-14(4-5-14)6-7-18-3/h9,11-12,15H,4-8,10H2,1-3H3. The Morgan fingerprint density at radius 3 is 2.89 bits per heavy atom. The number of rotatable bonds is 8. The van der Waals surface area contributed by atoms with Gasteiger partial charge in [0.1, 0.15) is 0 Å². The molecule has 1 heterocycles. The summed E-state index contributed by atoms with van der Waals surface area (Å²) in [7, 11) is 1.78. The van der Waals surface area contributed by atoms with E-state index in [0.717, 1.165) is 19.7 Å². The number of hydrogen-bond acceptors (Lipinski definition) is 3. The van der Waals surface area contributed by atoms with E-state index in [2.05, 4.69) is 28.7 Å². The van der Waals surface area contributed by atoms with Gasteiger partial charge in [-0.05, 0) is 38.5 Å². The van der Waals surface area contributed by atoms with Crippen molar-refractivity contribution in [2.45, 2.75) is 45.7 Å². The van der Waals surface area contributed by atoms with E-state index in [0.29, 0.717) is 11.5 Å². The van der Waals surface area contributed by atoms with Crippen LogP contribution in [-0.2, 0) is 11.3 Å². The number of hydrogen-bond donors (Lipinski definition) is 1. The normalized spacial score (nSPS) is 17.3. The van der Waals surface area contributed by atoms with Crippen LogP contribution in [0.3, 0.4) is 0 Å². The fraction of sp³-hybridized carbons (Fsp3) is 0.786. The molecule has 0 unspecified atom stereocenters.